The molecule has 1 N–H and O–H groups in total. The Hall–Kier alpha value is -2.12. The van der Waals surface area contributed by atoms with Gasteiger partial charge in [0.25, 0.3) is 5.91 Å². The zero-order valence-corrected chi connectivity index (χ0v) is 21.7. The number of carbonyl (C=O) groups is 1. The van der Waals surface area contributed by atoms with Crippen LogP contribution in [0.4, 0.5) is 0 Å². The molecular formula is C26H28Cl2N4OS. The number of fused-ring (bicyclic) bond motifs is 1. The number of piperidine rings is 1. The van der Waals surface area contributed by atoms with Gasteiger partial charge in [-0.2, -0.15) is 16.4 Å². The first kappa shape index (κ1) is 23.6. The Labute approximate surface area is 214 Å². The van der Waals surface area contributed by atoms with Crippen LogP contribution in [0.3, 0.4) is 0 Å². The number of thiophene rings is 1. The maximum atomic E-state index is 13.6. The molecule has 2 atom stereocenters. The molecule has 2 aromatic heterocycles. The molecule has 0 bridgehead atoms. The third kappa shape index (κ3) is 4.57. The number of aromatic nitrogens is 2. The molecule has 8 heteroatoms. The van der Waals surface area contributed by atoms with Gasteiger partial charge in [-0.05, 0) is 98.2 Å². The van der Waals surface area contributed by atoms with Crippen LogP contribution < -0.4 is 5.43 Å². The molecule has 0 spiro atoms. The van der Waals surface area contributed by atoms with Crippen molar-refractivity contribution in [3.63, 3.8) is 0 Å². The van der Waals surface area contributed by atoms with E-state index in [1.165, 1.54) is 6.42 Å². The van der Waals surface area contributed by atoms with Crippen LogP contribution in [0.5, 0.6) is 0 Å². The molecule has 34 heavy (non-hydrogen) atoms. The molecule has 1 aromatic carbocycles. The number of nitrogens with zero attached hydrogens (tertiary/aromatic N) is 3. The Kier molecular flexibility index (Phi) is 6.85. The van der Waals surface area contributed by atoms with E-state index in [2.05, 4.69) is 47.2 Å². The second kappa shape index (κ2) is 9.86. The Morgan fingerprint density at radius 2 is 1.94 bits per heavy atom. The molecule has 5 rings (SSSR count). The number of hydrogen-bond donors (Lipinski definition) is 1. The summed E-state index contributed by atoms with van der Waals surface area (Å²) >= 11 is 14.4. The van der Waals surface area contributed by atoms with Crippen molar-refractivity contribution >= 4 is 52.1 Å². The molecule has 1 aliphatic carbocycles. The van der Waals surface area contributed by atoms with Gasteiger partial charge in [-0.3, -0.25) is 10.2 Å². The highest BCUT2D eigenvalue weighted by Crippen LogP contribution is 2.38. The van der Waals surface area contributed by atoms with Crippen molar-refractivity contribution in [1.82, 2.24) is 20.2 Å². The first-order valence-corrected chi connectivity index (χ1v) is 13.5. The van der Waals surface area contributed by atoms with Gasteiger partial charge in [-0.1, -0.05) is 29.6 Å². The molecule has 1 saturated heterocycles. The van der Waals surface area contributed by atoms with E-state index in [0.717, 1.165) is 60.2 Å². The largest absolute Gasteiger partial charge is 0.286 e. The van der Waals surface area contributed by atoms with Gasteiger partial charge in [0.15, 0.2) is 5.69 Å². The van der Waals surface area contributed by atoms with Gasteiger partial charge in [0.05, 0.1) is 16.4 Å². The summed E-state index contributed by atoms with van der Waals surface area (Å²) in [5, 5.41) is 12.2. The Bertz CT molecular complexity index is 1220. The SMILES string of the molecule is CC1CCCC(C)N1NC(=O)c1nn(-c2ccc(Cl)cc2Cl)c2c1CCCC2=Cc1ccsc1. The van der Waals surface area contributed by atoms with E-state index in [1.54, 1.807) is 23.5 Å². The van der Waals surface area contributed by atoms with Gasteiger partial charge in [-0.15, -0.1) is 0 Å². The Morgan fingerprint density at radius 1 is 1.15 bits per heavy atom. The Morgan fingerprint density at radius 3 is 2.65 bits per heavy atom. The van der Waals surface area contributed by atoms with Gasteiger partial charge in [0.1, 0.15) is 0 Å². The van der Waals surface area contributed by atoms with Crippen LogP contribution in [0, 0.1) is 0 Å². The van der Waals surface area contributed by atoms with Crippen molar-refractivity contribution in [3.8, 4) is 5.69 Å². The number of hydrogen-bond acceptors (Lipinski definition) is 4. The number of amides is 1. The fourth-order valence-electron chi connectivity index (χ4n) is 5.11. The normalized spacial score (nSPS) is 22.1. The summed E-state index contributed by atoms with van der Waals surface area (Å²) in [5.74, 6) is -0.155. The summed E-state index contributed by atoms with van der Waals surface area (Å²) in [7, 11) is 0. The summed E-state index contributed by atoms with van der Waals surface area (Å²) in [6, 6.07) is 8.09. The fourth-order valence-corrected chi connectivity index (χ4v) is 6.22. The van der Waals surface area contributed by atoms with Crippen molar-refractivity contribution in [2.24, 2.45) is 0 Å². The van der Waals surface area contributed by atoms with Gasteiger partial charge in [0, 0.05) is 22.7 Å². The van der Waals surface area contributed by atoms with E-state index in [9.17, 15) is 4.79 Å². The van der Waals surface area contributed by atoms with Gasteiger partial charge in [0.2, 0.25) is 0 Å². The molecule has 0 radical (unpaired) electrons. The molecule has 2 aliphatic rings. The molecule has 3 aromatic rings. The highest BCUT2D eigenvalue weighted by atomic mass is 35.5. The highest BCUT2D eigenvalue weighted by Gasteiger charge is 2.32. The summed E-state index contributed by atoms with van der Waals surface area (Å²) in [5.41, 5.74) is 8.64. The molecular weight excluding hydrogens is 487 g/mol. The van der Waals surface area contributed by atoms with E-state index < -0.39 is 0 Å². The minimum atomic E-state index is -0.155. The maximum absolute atomic E-state index is 13.6. The first-order valence-electron chi connectivity index (χ1n) is 11.8. The molecule has 0 saturated carbocycles. The zero-order valence-electron chi connectivity index (χ0n) is 19.4. The molecule has 2 unspecified atom stereocenters. The van der Waals surface area contributed by atoms with E-state index in [-0.39, 0.29) is 5.91 Å². The van der Waals surface area contributed by atoms with Crippen LogP contribution >= 0.6 is 34.5 Å². The first-order chi connectivity index (χ1) is 16.4. The fraction of sp³-hybridized carbons (Fsp3) is 0.385. The number of nitrogens with one attached hydrogen (secondary N) is 1. The number of halogens is 2. The second-order valence-electron chi connectivity index (χ2n) is 9.24. The maximum Gasteiger partial charge on any atom is 0.286 e. The standard InChI is InChI=1S/C26H28Cl2N4OS/c1-16-5-3-6-17(2)31(16)30-26(33)24-21-8-4-7-19(13-18-11-12-34-15-18)25(21)32(29-24)23-10-9-20(27)14-22(23)28/h9-17H,3-8H2,1-2H3,(H,30,33). The summed E-state index contributed by atoms with van der Waals surface area (Å²) < 4.78 is 1.84. The van der Waals surface area contributed by atoms with E-state index in [4.69, 9.17) is 28.3 Å². The minimum absolute atomic E-state index is 0.155. The number of carbonyl (C=O) groups excluding carboxylic acids is 1. The lowest BCUT2D eigenvalue weighted by atomic mass is 9.90. The lowest BCUT2D eigenvalue weighted by molar-refractivity contribution is 0.0365. The van der Waals surface area contributed by atoms with Gasteiger partial charge in [-0.25, -0.2) is 9.69 Å². The van der Waals surface area contributed by atoms with Crippen molar-refractivity contribution in [1.29, 1.82) is 0 Å². The van der Waals surface area contributed by atoms with Crippen molar-refractivity contribution in [2.75, 3.05) is 0 Å². The Balaban J connectivity index is 1.61. The molecule has 3 heterocycles. The summed E-state index contributed by atoms with van der Waals surface area (Å²) in [6.07, 6.45) is 8.23. The van der Waals surface area contributed by atoms with Crippen LogP contribution in [0.1, 0.15) is 73.3 Å². The van der Waals surface area contributed by atoms with E-state index in [1.807, 2.05) is 10.7 Å². The average molecular weight is 516 g/mol. The predicted octanol–water partition coefficient (Wildman–Crippen LogP) is 7.03. The highest BCUT2D eigenvalue weighted by molar-refractivity contribution is 7.08. The van der Waals surface area contributed by atoms with Crippen LogP contribution in [-0.2, 0) is 6.42 Å². The quantitative estimate of drug-likeness (QED) is 0.406. The molecule has 1 fully saturated rings. The molecule has 1 amide bonds. The van der Waals surface area contributed by atoms with Crippen molar-refractivity contribution < 1.29 is 4.79 Å². The number of hydrazine groups is 1. The van der Waals surface area contributed by atoms with Crippen LogP contribution in [0.15, 0.2) is 35.0 Å². The minimum Gasteiger partial charge on any atom is -0.283 e. The predicted molar refractivity (Wildman–Crippen MR) is 141 cm³/mol. The average Bonchev–Trinajstić information content (AvgIpc) is 3.45. The second-order valence-corrected chi connectivity index (χ2v) is 10.9. The third-order valence-corrected chi connectivity index (χ3v) is 8.06. The molecule has 1 aliphatic heterocycles. The summed E-state index contributed by atoms with van der Waals surface area (Å²) in [4.78, 5) is 13.6. The van der Waals surface area contributed by atoms with Crippen LogP contribution in [0.25, 0.3) is 17.3 Å². The van der Waals surface area contributed by atoms with Crippen molar-refractivity contribution in [3.05, 3.63) is 67.6 Å². The smallest absolute Gasteiger partial charge is 0.283 e. The summed E-state index contributed by atoms with van der Waals surface area (Å²) in [6.45, 7) is 4.33. The van der Waals surface area contributed by atoms with Crippen LogP contribution in [0.2, 0.25) is 10.0 Å². The number of rotatable bonds is 4. The lowest BCUT2D eigenvalue weighted by Crippen LogP contribution is -2.54. The number of allylic oxidation sites excluding steroid dienone is 1. The van der Waals surface area contributed by atoms with E-state index in [0.29, 0.717) is 27.8 Å². The van der Waals surface area contributed by atoms with Crippen molar-refractivity contribution in [2.45, 2.75) is 64.5 Å². The topological polar surface area (TPSA) is 50.2 Å². The van der Waals surface area contributed by atoms with Gasteiger partial charge < -0.3 is 0 Å². The zero-order chi connectivity index (χ0) is 23.8. The molecule has 178 valence electrons. The van der Waals surface area contributed by atoms with E-state index >= 15 is 0 Å². The third-order valence-electron chi connectivity index (χ3n) is 6.82. The van der Waals surface area contributed by atoms with Crippen LogP contribution in [-0.4, -0.2) is 32.8 Å². The molecule has 5 nitrogen and oxygen atoms in total. The van der Waals surface area contributed by atoms with Gasteiger partial charge >= 0.3 is 0 Å². The number of benzene rings is 1. The lowest BCUT2D eigenvalue weighted by Gasteiger charge is -2.38. The monoisotopic (exact) mass is 514 g/mol.